The smallest absolute Gasteiger partial charge is 0.0796 e. The van der Waals surface area contributed by atoms with Crippen LogP contribution in [0.1, 0.15) is 5.69 Å². The fourth-order valence-corrected chi connectivity index (χ4v) is 0.807. The third-order valence-corrected chi connectivity index (χ3v) is 1.43. The Morgan fingerprint density at radius 3 is 2.73 bits per heavy atom. The van der Waals surface area contributed by atoms with Crippen LogP contribution in [0.3, 0.4) is 0 Å². The monoisotopic (exact) mass is 154 g/mol. The van der Waals surface area contributed by atoms with Crippen LogP contribution < -0.4 is 0 Å². The molecule has 0 aliphatic rings. The molecule has 1 heterocycles. The fraction of sp³-hybridized carbons (Fsp3) is 0.714. The van der Waals surface area contributed by atoms with E-state index in [1.807, 2.05) is 31.9 Å². The molecular weight excluding hydrogens is 140 g/mol. The highest BCUT2D eigenvalue weighted by molar-refractivity contribution is 4.86. The Hall–Kier alpha value is -0.900. The quantitative estimate of drug-likeness (QED) is 0.621. The van der Waals surface area contributed by atoms with Crippen LogP contribution in [-0.2, 0) is 6.54 Å². The van der Waals surface area contributed by atoms with Crippen molar-refractivity contribution in [2.45, 2.75) is 13.5 Å². The largest absolute Gasteiger partial charge is 0.308 e. The van der Waals surface area contributed by atoms with Gasteiger partial charge in [-0.15, -0.1) is 5.10 Å². The number of aryl methyl sites for hydroxylation is 1. The molecule has 4 heteroatoms. The molecule has 0 amide bonds. The van der Waals surface area contributed by atoms with Crippen LogP contribution >= 0.6 is 0 Å². The van der Waals surface area contributed by atoms with Gasteiger partial charge in [0, 0.05) is 12.7 Å². The fourth-order valence-electron chi connectivity index (χ4n) is 0.807. The lowest BCUT2D eigenvalue weighted by molar-refractivity contribution is 0.370. The average Bonchev–Trinajstić information content (AvgIpc) is 2.31. The van der Waals surface area contributed by atoms with Crippen LogP contribution in [0, 0.1) is 6.92 Å². The molecule has 1 aromatic rings. The number of hydrogen-bond acceptors (Lipinski definition) is 3. The van der Waals surface area contributed by atoms with E-state index < -0.39 is 0 Å². The lowest BCUT2D eigenvalue weighted by Gasteiger charge is -2.07. The molecule has 1 rings (SSSR count). The van der Waals surface area contributed by atoms with Crippen molar-refractivity contribution in [3.05, 3.63) is 11.9 Å². The maximum atomic E-state index is 3.93. The first-order chi connectivity index (χ1) is 5.18. The summed E-state index contributed by atoms with van der Waals surface area (Å²) in [7, 11) is 4.09. The molecule has 0 bridgehead atoms. The first-order valence-corrected chi connectivity index (χ1v) is 3.70. The molecule has 0 spiro atoms. The first kappa shape index (κ1) is 8.20. The van der Waals surface area contributed by atoms with E-state index in [2.05, 4.69) is 15.2 Å². The first-order valence-electron chi connectivity index (χ1n) is 3.70. The minimum atomic E-state index is 0.911. The molecule has 1 aromatic heterocycles. The highest BCUT2D eigenvalue weighted by atomic mass is 15.4. The summed E-state index contributed by atoms with van der Waals surface area (Å²) in [6.45, 7) is 3.86. The minimum absolute atomic E-state index is 0.911. The molecule has 0 atom stereocenters. The van der Waals surface area contributed by atoms with Gasteiger partial charge in [-0.3, -0.25) is 4.68 Å². The van der Waals surface area contributed by atoms with Crippen molar-refractivity contribution in [2.24, 2.45) is 0 Å². The number of rotatable bonds is 3. The lowest BCUT2D eigenvalue weighted by Crippen LogP contribution is -2.18. The molecule has 0 unspecified atom stereocenters. The van der Waals surface area contributed by atoms with Crippen molar-refractivity contribution < 1.29 is 0 Å². The molecule has 62 valence electrons. The van der Waals surface area contributed by atoms with Crippen molar-refractivity contribution >= 4 is 0 Å². The predicted octanol–water partition coefficient (Wildman–Crippen LogP) is 0.148. The van der Waals surface area contributed by atoms with Crippen LogP contribution in [0.25, 0.3) is 0 Å². The maximum absolute atomic E-state index is 3.93. The Bertz CT molecular complexity index is 216. The van der Waals surface area contributed by atoms with Crippen molar-refractivity contribution in [3.8, 4) is 0 Å². The van der Waals surface area contributed by atoms with E-state index in [9.17, 15) is 0 Å². The van der Waals surface area contributed by atoms with Crippen LogP contribution in [0.2, 0.25) is 0 Å². The number of likely N-dealkylation sites (N-methyl/N-ethyl adjacent to an activating group) is 1. The van der Waals surface area contributed by atoms with Gasteiger partial charge in [0.25, 0.3) is 0 Å². The third kappa shape index (κ3) is 2.67. The molecule has 0 aromatic carbocycles. The molecule has 0 aliphatic carbocycles. The summed E-state index contributed by atoms with van der Waals surface area (Å²) in [4.78, 5) is 2.12. The molecule has 0 N–H and O–H groups in total. The zero-order valence-electron chi connectivity index (χ0n) is 7.28. The van der Waals surface area contributed by atoms with Crippen LogP contribution in [0.4, 0.5) is 0 Å². The average molecular weight is 154 g/mol. The minimum Gasteiger partial charge on any atom is -0.308 e. The standard InChI is InChI=1S/C7H14N4/c1-7-6-11(9-8-7)5-4-10(2)3/h6H,4-5H2,1-3H3. The van der Waals surface area contributed by atoms with Crippen molar-refractivity contribution in [3.63, 3.8) is 0 Å². The number of hydrogen-bond donors (Lipinski definition) is 0. The summed E-state index contributed by atoms with van der Waals surface area (Å²) in [5.41, 5.74) is 0.976. The maximum Gasteiger partial charge on any atom is 0.0796 e. The van der Waals surface area contributed by atoms with Gasteiger partial charge < -0.3 is 4.90 Å². The van der Waals surface area contributed by atoms with Crippen LogP contribution in [0.5, 0.6) is 0 Å². The summed E-state index contributed by atoms with van der Waals surface area (Å²) < 4.78 is 1.86. The van der Waals surface area contributed by atoms with Gasteiger partial charge in [-0.25, -0.2) is 0 Å². The molecular formula is C7H14N4. The number of aromatic nitrogens is 3. The summed E-state index contributed by atoms with van der Waals surface area (Å²) >= 11 is 0. The SMILES string of the molecule is Cc1cn(CCN(C)C)nn1. The van der Waals surface area contributed by atoms with Gasteiger partial charge in [0.15, 0.2) is 0 Å². The Morgan fingerprint density at radius 1 is 1.55 bits per heavy atom. The van der Waals surface area contributed by atoms with E-state index in [1.54, 1.807) is 0 Å². The van der Waals surface area contributed by atoms with E-state index >= 15 is 0 Å². The summed E-state index contributed by atoms with van der Waals surface area (Å²) in [5.74, 6) is 0. The van der Waals surface area contributed by atoms with Crippen LogP contribution in [-0.4, -0.2) is 40.5 Å². The molecule has 0 radical (unpaired) electrons. The van der Waals surface area contributed by atoms with Gasteiger partial charge in [0.05, 0.1) is 12.2 Å². The Kier molecular flexibility index (Phi) is 2.59. The zero-order valence-corrected chi connectivity index (χ0v) is 7.28. The van der Waals surface area contributed by atoms with Gasteiger partial charge in [0.2, 0.25) is 0 Å². The van der Waals surface area contributed by atoms with Gasteiger partial charge in [-0.2, -0.15) is 0 Å². The van der Waals surface area contributed by atoms with Gasteiger partial charge >= 0.3 is 0 Å². The van der Waals surface area contributed by atoms with Gasteiger partial charge in [-0.1, -0.05) is 5.21 Å². The summed E-state index contributed by atoms with van der Waals surface area (Å²) in [6, 6.07) is 0. The van der Waals surface area contributed by atoms with E-state index in [0.717, 1.165) is 18.8 Å². The lowest BCUT2D eigenvalue weighted by atomic mass is 10.5. The third-order valence-electron chi connectivity index (χ3n) is 1.43. The second-order valence-electron chi connectivity index (χ2n) is 2.93. The highest BCUT2D eigenvalue weighted by Crippen LogP contribution is 1.89. The van der Waals surface area contributed by atoms with Crippen molar-refractivity contribution in [1.82, 2.24) is 19.9 Å². The van der Waals surface area contributed by atoms with E-state index in [-0.39, 0.29) is 0 Å². The van der Waals surface area contributed by atoms with E-state index in [0.29, 0.717) is 0 Å². The topological polar surface area (TPSA) is 34.0 Å². The normalized spacial score (nSPS) is 10.9. The second-order valence-corrected chi connectivity index (χ2v) is 2.93. The molecule has 11 heavy (non-hydrogen) atoms. The summed E-state index contributed by atoms with van der Waals surface area (Å²) in [5, 5.41) is 7.82. The molecule has 4 nitrogen and oxygen atoms in total. The van der Waals surface area contributed by atoms with Crippen molar-refractivity contribution in [1.29, 1.82) is 0 Å². The summed E-state index contributed by atoms with van der Waals surface area (Å²) in [6.07, 6.45) is 1.95. The zero-order chi connectivity index (χ0) is 8.27. The van der Waals surface area contributed by atoms with Crippen LogP contribution in [0.15, 0.2) is 6.20 Å². The molecule has 0 aliphatic heterocycles. The Labute approximate surface area is 66.8 Å². The number of nitrogens with zero attached hydrogens (tertiary/aromatic N) is 4. The Balaban J connectivity index is 2.39. The van der Waals surface area contributed by atoms with E-state index in [1.165, 1.54) is 0 Å². The van der Waals surface area contributed by atoms with Crippen molar-refractivity contribution in [2.75, 3.05) is 20.6 Å². The molecule has 0 saturated carbocycles. The van der Waals surface area contributed by atoms with Gasteiger partial charge in [-0.05, 0) is 21.0 Å². The van der Waals surface area contributed by atoms with Gasteiger partial charge in [0.1, 0.15) is 0 Å². The highest BCUT2D eigenvalue weighted by Gasteiger charge is 1.95. The predicted molar refractivity (Wildman–Crippen MR) is 43.3 cm³/mol. The molecule has 0 saturated heterocycles. The van der Waals surface area contributed by atoms with E-state index in [4.69, 9.17) is 0 Å². The molecule has 0 fully saturated rings. The Morgan fingerprint density at radius 2 is 2.27 bits per heavy atom. The second kappa shape index (κ2) is 3.48.